The van der Waals surface area contributed by atoms with Gasteiger partial charge < -0.3 is 0 Å². The molecule has 1 aromatic rings. The highest BCUT2D eigenvalue weighted by Gasteiger charge is 1.96. The van der Waals surface area contributed by atoms with Crippen molar-refractivity contribution in [2.75, 3.05) is 0 Å². The van der Waals surface area contributed by atoms with Gasteiger partial charge in [-0.15, -0.1) is 0 Å². The fraction of sp³-hybridized carbons (Fsp3) is 0.571. The molecule has 0 amide bonds. The van der Waals surface area contributed by atoms with Crippen molar-refractivity contribution in [3.05, 3.63) is 35.9 Å². The lowest BCUT2D eigenvalue weighted by atomic mass is 10.1. The summed E-state index contributed by atoms with van der Waals surface area (Å²) in [7, 11) is -0.282. The first-order valence-electron chi connectivity index (χ1n) is 6.33. The van der Waals surface area contributed by atoms with Gasteiger partial charge in [-0.1, -0.05) is 68.7 Å². The summed E-state index contributed by atoms with van der Waals surface area (Å²) in [5.41, 5.74) is 1.50. The normalized spacial score (nSPS) is 10.9. The molecule has 0 spiro atoms. The maximum atomic E-state index is 2.45. The lowest BCUT2D eigenvalue weighted by molar-refractivity contribution is 0.664. The minimum atomic E-state index is -0.282. The molecule has 0 unspecified atom stereocenters. The van der Waals surface area contributed by atoms with E-state index in [0.717, 1.165) is 0 Å². The maximum absolute atomic E-state index is 2.45. The molecule has 0 fully saturated rings. The average Bonchev–Trinajstić information content (AvgIpc) is 2.24. The number of benzene rings is 1. The molecule has 0 nitrogen and oxygen atoms in total. The Morgan fingerprint density at radius 1 is 0.867 bits per heavy atom. The molecule has 0 atom stereocenters. The molecule has 1 heteroatoms. The number of hydrogen-bond acceptors (Lipinski definition) is 0. The highest BCUT2D eigenvalue weighted by molar-refractivity contribution is 6.55. The summed E-state index contributed by atoms with van der Waals surface area (Å²) < 4.78 is 0. The molecule has 84 valence electrons. The molecule has 0 heterocycles. The number of rotatable bonds is 7. The van der Waals surface area contributed by atoms with Crippen LogP contribution in [0.4, 0.5) is 0 Å². The zero-order valence-corrected chi connectivity index (χ0v) is 11.4. The van der Waals surface area contributed by atoms with Crippen molar-refractivity contribution in [2.45, 2.75) is 51.2 Å². The molecular formula is C14H24Si. The van der Waals surface area contributed by atoms with Crippen molar-refractivity contribution < 1.29 is 0 Å². The molecule has 0 saturated carbocycles. The van der Waals surface area contributed by atoms with Crippen LogP contribution in [0.25, 0.3) is 0 Å². The van der Waals surface area contributed by atoms with Crippen molar-refractivity contribution in [2.24, 2.45) is 0 Å². The van der Waals surface area contributed by atoms with Gasteiger partial charge in [0.2, 0.25) is 0 Å². The van der Waals surface area contributed by atoms with Gasteiger partial charge in [0.1, 0.15) is 0 Å². The first kappa shape index (κ1) is 12.5. The average molecular weight is 220 g/mol. The zero-order valence-electron chi connectivity index (χ0n) is 10.2. The fourth-order valence-corrected chi connectivity index (χ4v) is 2.99. The van der Waals surface area contributed by atoms with Crippen molar-refractivity contribution in [3.63, 3.8) is 0 Å². The Morgan fingerprint density at radius 3 is 2.20 bits per heavy atom. The Kier molecular flexibility index (Phi) is 6.41. The topological polar surface area (TPSA) is 0 Å². The van der Waals surface area contributed by atoms with Gasteiger partial charge in [-0.25, -0.2) is 0 Å². The molecule has 0 N–H and O–H groups in total. The summed E-state index contributed by atoms with van der Waals surface area (Å²) >= 11 is 0. The largest absolute Gasteiger partial charge is 0.0722 e. The van der Waals surface area contributed by atoms with Crippen LogP contribution in [0.3, 0.4) is 0 Å². The van der Waals surface area contributed by atoms with Gasteiger partial charge in [0.15, 0.2) is 0 Å². The van der Waals surface area contributed by atoms with Crippen molar-refractivity contribution in [1.29, 1.82) is 0 Å². The maximum Gasteiger partial charge on any atom is 0.0305 e. The van der Waals surface area contributed by atoms with Crippen molar-refractivity contribution in [1.82, 2.24) is 0 Å². The van der Waals surface area contributed by atoms with Crippen LogP contribution in [-0.2, 0) is 6.42 Å². The molecule has 0 aliphatic carbocycles. The molecule has 1 rings (SSSR count). The van der Waals surface area contributed by atoms with Crippen LogP contribution < -0.4 is 0 Å². The minimum Gasteiger partial charge on any atom is -0.0722 e. The third-order valence-corrected chi connectivity index (χ3v) is 4.40. The Hall–Kier alpha value is -0.563. The number of hydrogen-bond donors (Lipinski definition) is 0. The van der Waals surface area contributed by atoms with E-state index >= 15 is 0 Å². The molecule has 0 radical (unpaired) electrons. The second kappa shape index (κ2) is 7.69. The second-order valence-electron chi connectivity index (χ2n) is 4.83. The number of aryl methyl sites for hydroxylation is 1. The Morgan fingerprint density at radius 2 is 1.53 bits per heavy atom. The Balaban J connectivity index is 1.98. The summed E-state index contributed by atoms with van der Waals surface area (Å²) in [6.45, 7) is 4.90. The molecule has 0 aromatic heterocycles. The molecular weight excluding hydrogens is 196 g/mol. The third-order valence-electron chi connectivity index (χ3n) is 2.84. The van der Waals surface area contributed by atoms with E-state index in [0.29, 0.717) is 0 Å². The van der Waals surface area contributed by atoms with Crippen LogP contribution in [0, 0.1) is 0 Å². The lowest BCUT2D eigenvalue weighted by Crippen LogP contribution is -1.97. The molecule has 15 heavy (non-hydrogen) atoms. The molecule has 0 saturated heterocycles. The monoisotopic (exact) mass is 220 g/mol. The van der Waals surface area contributed by atoms with Crippen LogP contribution in [0.15, 0.2) is 30.3 Å². The van der Waals surface area contributed by atoms with Crippen LogP contribution in [0.1, 0.15) is 31.2 Å². The van der Waals surface area contributed by atoms with Gasteiger partial charge in [0.25, 0.3) is 0 Å². The van der Waals surface area contributed by atoms with Gasteiger partial charge in [0.05, 0.1) is 0 Å². The van der Waals surface area contributed by atoms with E-state index in [1.165, 1.54) is 43.7 Å². The first-order chi connectivity index (χ1) is 7.29. The predicted octanol–water partition coefficient (Wildman–Crippen LogP) is 4.28. The Labute approximate surface area is 96.3 Å². The lowest BCUT2D eigenvalue weighted by Gasteiger charge is -2.03. The molecule has 0 bridgehead atoms. The zero-order chi connectivity index (χ0) is 10.9. The summed E-state index contributed by atoms with van der Waals surface area (Å²) in [6, 6.07) is 12.4. The van der Waals surface area contributed by atoms with Gasteiger partial charge in [-0.05, 0) is 18.4 Å². The summed E-state index contributed by atoms with van der Waals surface area (Å²) in [6.07, 6.45) is 6.95. The van der Waals surface area contributed by atoms with E-state index in [4.69, 9.17) is 0 Å². The first-order valence-corrected chi connectivity index (χ1v) is 9.45. The second-order valence-corrected chi connectivity index (χ2v) is 8.20. The third kappa shape index (κ3) is 6.51. The van der Waals surface area contributed by atoms with Crippen LogP contribution in [0.2, 0.25) is 19.1 Å². The van der Waals surface area contributed by atoms with E-state index in [2.05, 4.69) is 43.4 Å². The van der Waals surface area contributed by atoms with Gasteiger partial charge in [0, 0.05) is 8.80 Å². The van der Waals surface area contributed by atoms with Gasteiger partial charge >= 0.3 is 0 Å². The summed E-state index contributed by atoms with van der Waals surface area (Å²) in [4.78, 5) is 0. The van der Waals surface area contributed by atoms with Gasteiger partial charge in [-0.3, -0.25) is 0 Å². The molecule has 0 aliphatic heterocycles. The molecule has 1 aromatic carbocycles. The highest BCUT2D eigenvalue weighted by atomic mass is 28.3. The van der Waals surface area contributed by atoms with Gasteiger partial charge in [-0.2, -0.15) is 0 Å². The fourth-order valence-electron chi connectivity index (χ4n) is 1.88. The SMILES string of the molecule is C[SiH](C)CCCCCCc1ccccc1. The van der Waals surface area contributed by atoms with Crippen molar-refractivity contribution >= 4 is 8.80 Å². The quantitative estimate of drug-likeness (QED) is 0.475. The number of unbranched alkanes of at least 4 members (excludes halogenated alkanes) is 3. The Bertz CT molecular complexity index is 241. The standard InChI is InChI=1S/C14H24Si/c1-15(2)13-9-4-3-6-10-14-11-7-5-8-12-14/h5,7-8,11-12,15H,3-4,6,9-10,13H2,1-2H3. The van der Waals surface area contributed by atoms with E-state index in [1.807, 2.05) is 0 Å². The van der Waals surface area contributed by atoms with E-state index < -0.39 is 0 Å². The summed E-state index contributed by atoms with van der Waals surface area (Å²) in [5, 5.41) is 0. The van der Waals surface area contributed by atoms with E-state index in [1.54, 1.807) is 0 Å². The van der Waals surface area contributed by atoms with Crippen LogP contribution in [0.5, 0.6) is 0 Å². The predicted molar refractivity (Wildman–Crippen MR) is 72.3 cm³/mol. The van der Waals surface area contributed by atoms with Crippen LogP contribution in [-0.4, -0.2) is 8.80 Å². The summed E-state index contributed by atoms with van der Waals surface area (Å²) in [5.74, 6) is 0. The smallest absolute Gasteiger partial charge is 0.0305 e. The molecule has 0 aliphatic rings. The minimum absolute atomic E-state index is 0.282. The van der Waals surface area contributed by atoms with Crippen LogP contribution >= 0.6 is 0 Å². The van der Waals surface area contributed by atoms with E-state index in [-0.39, 0.29) is 8.80 Å². The highest BCUT2D eigenvalue weighted by Crippen LogP contribution is 2.09. The van der Waals surface area contributed by atoms with E-state index in [9.17, 15) is 0 Å². The van der Waals surface area contributed by atoms with Crippen molar-refractivity contribution in [3.8, 4) is 0 Å².